The van der Waals surface area contributed by atoms with Crippen molar-refractivity contribution in [2.45, 2.75) is 46.1 Å². The van der Waals surface area contributed by atoms with Crippen molar-refractivity contribution in [1.82, 2.24) is 15.0 Å². The average molecular weight is 446 g/mol. The van der Waals surface area contributed by atoms with Crippen molar-refractivity contribution in [3.05, 3.63) is 42.0 Å². The zero-order valence-electron chi connectivity index (χ0n) is 19.4. The Labute approximate surface area is 188 Å². The molecule has 2 heterocycles. The first-order valence-electron chi connectivity index (χ1n) is 10.8. The Morgan fingerprint density at radius 3 is 2.62 bits per heavy atom. The number of rotatable bonds is 6. The summed E-state index contributed by atoms with van der Waals surface area (Å²) in [5.41, 5.74) is 0.660. The van der Waals surface area contributed by atoms with Crippen molar-refractivity contribution in [3.8, 4) is 0 Å². The summed E-state index contributed by atoms with van der Waals surface area (Å²) in [5, 5.41) is 4.68. The van der Waals surface area contributed by atoms with E-state index in [0.717, 1.165) is 30.8 Å². The number of anilines is 3. The van der Waals surface area contributed by atoms with Gasteiger partial charge in [0.1, 0.15) is 29.4 Å². The van der Waals surface area contributed by atoms with E-state index in [4.69, 9.17) is 9.57 Å². The van der Waals surface area contributed by atoms with Gasteiger partial charge in [-0.05, 0) is 64.2 Å². The quantitative estimate of drug-likeness (QED) is 0.642. The van der Waals surface area contributed by atoms with Gasteiger partial charge in [-0.2, -0.15) is 0 Å². The van der Waals surface area contributed by atoms with E-state index in [1.54, 1.807) is 17.2 Å². The summed E-state index contributed by atoms with van der Waals surface area (Å²) in [6, 6.07) is 6.83. The molecular weight excluding hydrogens is 413 g/mol. The molecule has 0 spiro atoms. The monoisotopic (exact) mass is 445 g/mol. The number of benzene rings is 1. The molecule has 8 nitrogen and oxygen atoms in total. The maximum absolute atomic E-state index is 14.1. The van der Waals surface area contributed by atoms with Crippen LogP contribution in [0.3, 0.4) is 0 Å². The number of carbonyl (C=O) groups excluding carboxylic acids is 1. The minimum atomic E-state index is -0.668. The summed E-state index contributed by atoms with van der Waals surface area (Å²) in [6.07, 6.45) is 2.58. The predicted octanol–water partition coefficient (Wildman–Crippen LogP) is 4.68. The minimum Gasteiger partial charge on any atom is -0.427 e. The molecule has 0 saturated carbocycles. The highest BCUT2D eigenvalue weighted by Gasteiger charge is 2.26. The van der Waals surface area contributed by atoms with Crippen LogP contribution >= 0.6 is 0 Å². The molecule has 9 heteroatoms. The first-order chi connectivity index (χ1) is 15.1. The highest BCUT2D eigenvalue weighted by molar-refractivity contribution is 5.60. The van der Waals surface area contributed by atoms with Crippen LogP contribution in [0.5, 0.6) is 0 Å². The van der Waals surface area contributed by atoms with Crippen LogP contribution in [0, 0.1) is 18.7 Å². The van der Waals surface area contributed by atoms with Gasteiger partial charge in [0, 0.05) is 32.7 Å². The summed E-state index contributed by atoms with van der Waals surface area (Å²) in [4.78, 5) is 27.8. The predicted molar refractivity (Wildman–Crippen MR) is 121 cm³/mol. The molecule has 1 aliphatic rings. The lowest BCUT2D eigenvalue weighted by molar-refractivity contribution is -0.154. The summed E-state index contributed by atoms with van der Waals surface area (Å²) >= 11 is 0. The Morgan fingerprint density at radius 2 is 1.97 bits per heavy atom. The number of aromatic nitrogens is 2. The van der Waals surface area contributed by atoms with E-state index in [0.29, 0.717) is 30.5 Å². The fraction of sp³-hybridized carbons (Fsp3) is 0.522. The topological polar surface area (TPSA) is 79.8 Å². The SMILES string of the molecule is Cc1ccc(Nc2cc(N(C)CC3CCN(OC(=O)OC(C)(C)C)CC3)ncn2)c(F)c1. The number of hydrogen-bond acceptors (Lipinski definition) is 8. The molecule has 3 rings (SSSR count). The van der Waals surface area contributed by atoms with E-state index in [1.165, 1.54) is 12.4 Å². The molecule has 2 aromatic rings. The summed E-state index contributed by atoms with van der Waals surface area (Å²) in [6.45, 7) is 9.38. The van der Waals surface area contributed by atoms with E-state index in [9.17, 15) is 9.18 Å². The van der Waals surface area contributed by atoms with E-state index in [-0.39, 0.29) is 5.82 Å². The Balaban J connectivity index is 1.51. The first-order valence-corrected chi connectivity index (χ1v) is 10.8. The first kappa shape index (κ1) is 23.7. The fourth-order valence-corrected chi connectivity index (χ4v) is 3.52. The molecule has 0 atom stereocenters. The Bertz CT molecular complexity index is 926. The Kier molecular flexibility index (Phi) is 7.50. The number of carbonyl (C=O) groups is 1. The van der Waals surface area contributed by atoms with Crippen LogP contribution in [0.1, 0.15) is 39.2 Å². The van der Waals surface area contributed by atoms with Gasteiger partial charge in [0.25, 0.3) is 0 Å². The zero-order valence-corrected chi connectivity index (χ0v) is 19.4. The van der Waals surface area contributed by atoms with Crippen molar-refractivity contribution in [3.63, 3.8) is 0 Å². The number of piperidine rings is 1. The van der Waals surface area contributed by atoms with Gasteiger partial charge in [0.15, 0.2) is 0 Å². The van der Waals surface area contributed by atoms with Crippen LogP contribution in [0.15, 0.2) is 30.6 Å². The number of ether oxygens (including phenoxy) is 1. The highest BCUT2D eigenvalue weighted by atomic mass is 19.1. The van der Waals surface area contributed by atoms with Crippen molar-refractivity contribution in [1.29, 1.82) is 0 Å². The number of nitrogens with zero attached hydrogens (tertiary/aromatic N) is 4. The molecule has 1 saturated heterocycles. The third-order valence-electron chi connectivity index (χ3n) is 5.13. The second-order valence-corrected chi connectivity index (χ2v) is 9.18. The van der Waals surface area contributed by atoms with Gasteiger partial charge in [0.05, 0.1) is 5.69 Å². The number of aryl methyl sites for hydroxylation is 1. The third kappa shape index (κ3) is 7.05. The number of hydrogen-bond donors (Lipinski definition) is 1. The van der Waals surface area contributed by atoms with E-state index >= 15 is 0 Å². The Morgan fingerprint density at radius 1 is 1.25 bits per heavy atom. The minimum absolute atomic E-state index is 0.320. The largest absolute Gasteiger partial charge is 0.528 e. The van der Waals surface area contributed by atoms with Gasteiger partial charge in [-0.25, -0.2) is 19.2 Å². The molecule has 0 amide bonds. The molecule has 0 aliphatic carbocycles. The van der Waals surface area contributed by atoms with E-state index in [1.807, 2.05) is 40.8 Å². The van der Waals surface area contributed by atoms with Gasteiger partial charge in [-0.3, -0.25) is 0 Å². The van der Waals surface area contributed by atoms with E-state index < -0.39 is 11.8 Å². The summed E-state index contributed by atoms with van der Waals surface area (Å²) in [5.74, 6) is 1.39. The van der Waals surface area contributed by atoms with Gasteiger partial charge < -0.3 is 19.8 Å². The molecular formula is C23H32FN5O3. The lowest BCUT2D eigenvalue weighted by atomic mass is 9.97. The molecule has 1 aromatic carbocycles. The molecule has 0 radical (unpaired) electrons. The van der Waals surface area contributed by atoms with Crippen molar-refractivity contribution >= 4 is 23.5 Å². The molecule has 0 unspecified atom stereocenters. The second-order valence-electron chi connectivity index (χ2n) is 9.18. The molecule has 1 aromatic heterocycles. The fourth-order valence-electron chi connectivity index (χ4n) is 3.52. The van der Waals surface area contributed by atoms with Gasteiger partial charge in [0.2, 0.25) is 0 Å². The van der Waals surface area contributed by atoms with Gasteiger partial charge in [-0.1, -0.05) is 6.07 Å². The molecule has 1 N–H and O–H groups in total. The molecule has 1 aliphatic heterocycles. The van der Waals surface area contributed by atoms with Gasteiger partial charge in [-0.15, -0.1) is 5.06 Å². The highest BCUT2D eigenvalue weighted by Crippen LogP contribution is 2.24. The number of hydroxylamine groups is 2. The second kappa shape index (κ2) is 10.1. The van der Waals surface area contributed by atoms with Crippen LogP contribution in [0.25, 0.3) is 0 Å². The summed E-state index contributed by atoms with van der Waals surface area (Å²) < 4.78 is 19.3. The smallest absolute Gasteiger partial charge is 0.427 e. The summed E-state index contributed by atoms with van der Waals surface area (Å²) in [7, 11) is 1.97. The van der Waals surface area contributed by atoms with Crippen molar-refractivity contribution in [2.75, 3.05) is 36.9 Å². The zero-order chi connectivity index (χ0) is 23.3. The van der Waals surface area contributed by atoms with Crippen LogP contribution in [0.2, 0.25) is 0 Å². The average Bonchev–Trinajstić information content (AvgIpc) is 2.70. The van der Waals surface area contributed by atoms with Crippen LogP contribution < -0.4 is 10.2 Å². The number of halogens is 1. The Hall–Kier alpha value is -2.94. The van der Waals surface area contributed by atoms with Crippen molar-refractivity contribution in [2.24, 2.45) is 5.92 Å². The maximum Gasteiger partial charge on any atom is 0.528 e. The molecule has 174 valence electrons. The van der Waals surface area contributed by atoms with Crippen LogP contribution in [-0.4, -0.2) is 53.5 Å². The lowest BCUT2D eigenvalue weighted by Crippen LogP contribution is -2.40. The number of nitrogens with one attached hydrogen (secondary N) is 1. The maximum atomic E-state index is 14.1. The normalized spacial score (nSPS) is 15.3. The van der Waals surface area contributed by atoms with E-state index in [2.05, 4.69) is 20.2 Å². The molecule has 0 bridgehead atoms. The van der Waals surface area contributed by atoms with Crippen LogP contribution in [-0.2, 0) is 9.57 Å². The molecule has 1 fully saturated rings. The van der Waals surface area contributed by atoms with Gasteiger partial charge >= 0.3 is 6.16 Å². The van der Waals surface area contributed by atoms with Crippen LogP contribution in [0.4, 0.5) is 26.5 Å². The van der Waals surface area contributed by atoms with Crippen molar-refractivity contribution < 1.29 is 18.8 Å². The third-order valence-corrected chi connectivity index (χ3v) is 5.13. The lowest BCUT2D eigenvalue weighted by Gasteiger charge is -2.33. The standard InChI is InChI=1S/C23H32FN5O3/c1-16-6-7-19(18(24)12-16)27-20-13-21(26-15-25-20)28(5)14-17-8-10-29(11-9-17)32-22(30)31-23(2,3)4/h6-7,12-13,15,17H,8-11,14H2,1-5H3,(H,25,26,27). The molecule has 32 heavy (non-hydrogen) atoms.